The van der Waals surface area contributed by atoms with E-state index in [0.29, 0.717) is 18.5 Å². The minimum atomic E-state index is -0.652. The molecule has 0 heterocycles. The number of β-amino-alcohol motifs (C(OH)–C–C–N with tert-alkyl or cyclic N) is 1. The molecule has 0 saturated heterocycles. The molecule has 30 heavy (non-hydrogen) atoms. The first-order chi connectivity index (χ1) is 14.5. The Hall–Kier alpha value is -2.17. The van der Waals surface area contributed by atoms with Gasteiger partial charge >= 0.3 is 0 Å². The predicted molar refractivity (Wildman–Crippen MR) is 123 cm³/mol. The number of aliphatic hydroxyl groups excluding tert-OH is 1. The van der Waals surface area contributed by atoms with Crippen molar-refractivity contribution in [1.29, 1.82) is 0 Å². The minimum absolute atomic E-state index is 0.145. The fourth-order valence-electron chi connectivity index (χ4n) is 3.97. The lowest BCUT2D eigenvalue weighted by Gasteiger charge is -2.27. The summed E-state index contributed by atoms with van der Waals surface area (Å²) in [6.07, 6.45) is 5.93. The quantitative estimate of drug-likeness (QED) is 0.490. The number of carbonyl (C=O) groups is 1. The Morgan fingerprint density at radius 3 is 2.27 bits per heavy atom. The molecule has 2 atom stereocenters. The summed E-state index contributed by atoms with van der Waals surface area (Å²) in [5.41, 5.74) is 1.91. The fraction of sp³-hybridized carbons (Fsp3) is 0.500. The molecule has 3 N–H and O–H groups in total. The van der Waals surface area contributed by atoms with Crippen LogP contribution in [0.4, 0.5) is 0 Å². The zero-order valence-corrected chi connectivity index (χ0v) is 18.3. The van der Waals surface area contributed by atoms with Crippen molar-refractivity contribution < 1.29 is 9.90 Å². The third-order valence-electron chi connectivity index (χ3n) is 6.09. The van der Waals surface area contributed by atoms with Crippen LogP contribution >= 0.6 is 0 Å². The average Bonchev–Trinajstić information content (AvgIpc) is 3.52. The van der Waals surface area contributed by atoms with Crippen LogP contribution < -0.4 is 10.6 Å². The first-order valence-electron chi connectivity index (χ1n) is 11.3. The molecule has 0 bridgehead atoms. The molecule has 0 unspecified atom stereocenters. The number of carbonyl (C=O) groups excluding carboxylic acids is 1. The van der Waals surface area contributed by atoms with Crippen molar-refractivity contribution in [3.05, 3.63) is 71.8 Å². The van der Waals surface area contributed by atoms with E-state index >= 15 is 0 Å². The number of amides is 1. The molecular weight excluding hydrogens is 372 g/mol. The van der Waals surface area contributed by atoms with Crippen LogP contribution in [0.5, 0.6) is 0 Å². The summed E-state index contributed by atoms with van der Waals surface area (Å²) < 4.78 is 0. The van der Waals surface area contributed by atoms with Gasteiger partial charge in [-0.2, -0.15) is 0 Å². The molecule has 0 aliphatic heterocycles. The lowest BCUT2D eigenvalue weighted by molar-refractivity contribution is 0.0821. The van der Waals surface area contributed by atoms with Gasteiger partial charge in [-0.25, -0.2) is 0 Å². The van der Waals surface area contributed by atoms with Gasteiger partial charge in [-0.1, -0.05) is 75.2 Å². The summed E-state index contributed by atoms with van der Waals surface area (Å²) in [6.45, 7) is 5.02. The Morgan fingerprint density at radius 2 is 1.67 bits per heavy atom. The van der Waals surface area contributed by atoms with E-state index in [1.165, 1.54) is 25.7 Å². The second-order valence-electron chi connectivity index (χ2n) is 9.15. The molecule has 1 saturated carbocycles. The number of nitrogens with one attached hydrogen (secondary N) is 2. The molecule has 1 fully saturated rings. The third kappa shape index (κ3) is 6.96. The van der Waals surface area contributed by atoms with Gasteiger partial charge in [-0.05, 0) is 49.3 Å². The topological polar surface area (TPSA) is 61.4 Å². The van der Waals surface area contributed by atoms with Gasteiger partial charge in [0.2, 0.25) is 0 Å². The Bertz CT molecular complexity index is 772. The smallest absolute Gasteiger partial charge is 0.251 e. The lowest BCUT2D eigenvalue weighted by atomic mass is 9.99. The van der Waals surface area contributed by atoms with Crippen molar-refractivity contribution in [2.75, 3.05) is 6.54 Å². The average molecular weight is 409 g/mol. The van der Waals surface area contributed by atoms with Crippen LogP contribution in [0.15, 0.2) is 60.7 Å². The van der Waals surface area contributed by atoms with Crippen LogP contribution in [0.25, 0.3) is 0 Å². The summed E-state index contributed by atoms with van der Waals surface area (Å²) in [6, 6.07) is 18.9. The molecule has 3 rings (SSSR count). The third-order valence-corrected chi connectivity index (χ3v) is 6.09. The van der Waals surface area contributed by atoms with Crippen LogP contribution in [-0.2, 0) is 6.42 Å². The zero-order valence-electron chi connectivity index (χ0n) is 18.3. The Balaban J connectivity index is 1.60. The van der Waals surface area contributed by atoms with Crippen LogP contribution in [0, 0.1) is 5.92 Å². The maximum Gasteiger partial charge on any atom is 0.251 e. The van der Waals surface area contributed by atoms with Crippen LogP contribution in [0.2, 0.25) is 0 Å². The molecule has 0 spiro atoms. The molecule has 4 nitrogen and oxygen atoms in total. The number of hydrogen-bond acceptors (Lipinski definition) is 3. The second-order valence-corrected chi connectivity index (χ2v) is 9.15. The molecule has 2 aromatic rings. The van der Waals surface area contributed by atoms with Gasteiger partial charge in [-0.15, -0.1) is 0 Å². The Kier molecular flexibility index (Phi) is 8.06. The van der Waals surface area contributed by atoms with Crippen molar-refractivity contribution in [3.63, 3.8) is 0 Å². The molecule has 4 heteroatoms. The highest BCUT2D eigenvalue weighted by Crippen LogP contribution is 2.40. The Morgan fingerprint density at radius 1 is 1.03 bits per heavy atom. The standard InChI is InChI=1S/C26H36N2O2/c1-20(2)10-9-15-26(16-17-26)27-19-24(29)23(18-21-11-5-3-6-12-21)28-25(30)22-13-7-4-8-14-22/h3-8,11-14,20,23-24,27,29H,9-10,15-19H2,1-2H3,(H,28,30)/t23-,24+/m0/s1. The SMILES string of the molecule is CC(C)CCCC1(NC[C@@H](O)[C@H](Cc2ccccc2)NC(=O)c2ccccc2)CC1. The molecule has 1 aliphatic rings. The molecule has 1 aliphatic carbocycles. The number of rotatable bonds is 12. The monoisotopic (exact) mass is 408 g/mol. The van der Waals surface area contributed by atoms with E-state index in [-0.39, 0.29) is 17.5 Å². The van der Waals surface area contributed by atoms with Gasteiger partial charge in [0.1, 0.15) is 0 Å². The summed E-state index contributed by atoms with van der Waals surface area (Å²) in [5.74, 6) is 0.587. The summed E-state index contributed by atoms with van der Waals surface area (Å²) >= 11 is 0. The highest BCUT2D eigenvalue weighted by Gasteiger charge is 2.42. The zero-order chi connectivity index (χ0) is 21.4. The van der Waals surface area contributed by atoms with Crippen LogP contribution in [0.3, 0.4) is 0 Å². The fourth-order valence-corrected chi connectivity index (χ4v) is 3.97. The normalized spacial score (nSPS) is 16.8. The van der Waals surface area contributed by atoms with Crippen molar-refractivity contribution >= 4 is 5.91 Å². The maximum absolute atomic E-state index is 12.7. The van der Waals surface area contributed by atoms with Gasteiger partial charge in [0.05, 0.1) is 12.1 Å². The highest BCUT2D eigenvalue weighted by molar-refractivity contribution is 5.94. The minimum Gasteiger partial charge on any atom is -0.390 e. The van der Waals surface area contributed by atoms with Gasteiger partial charge < -0.3 is 15.7 Å². The van der Waals surface area contributed by atoms with Gasteiger partial charge in [0, 0.05) is 17.6 Å². The molecule has 162 valence electrons. The highest BCUT2D eigenvalue weighted by atomic mass is 16.3. The van der Waals surface area contributed by atoms with Gasteiger partial charge in [-0.3, -0.25) is 4.79 Å². The number of hydrogen-bond donors (Lipinski definition) is 3. The van der Waals surface area contributed by atoms with E-state index in [1.54, 1.807) is 12.1 Å². The first-order valence-corrected chi connectivity index (χ1v) is 11.3. The van der Waals surface area contributed by atoms with Crippen LogP contribution in [0.1, 0.15) is 61.9 Å². The largest absolute Gasteiger partial charge is 0.390 e. The Labute approximate surface area is 181 Å². The van der Waals surface area contributed by atoms with E-state index in [0.717, 1.165) is 17.9 Å². The lowest BCUT2D eigenvalue weighted by Crippen LogP contribution is -2.50. The van der Waals surface area contributed by atoms with Gasteiger partial charge in [0.25, 0.3) is 5.91 Å². The maximum atomic E-state index is 12.7. The molecule has 2 aromatic carbocycles. The van der Waals surface area contributed by atoms with Crippen molar-refractivity contribution in [2.45, 2.75) is 70.1 Å². The van der Waals surface area contributed by atoms with E-state index in [4.69, 9.17) is 0 Å². The number of aliphatic hydroxyl groups is 1. The summed E-state index contributed by atoms with van der Waals surface area (Å²) in [5, 5.41) is 17.7. The van der Waals surface area contributed by atoms with E-state index in [9.17, 15) is 9.90 Å². The molecule has 1 amide bonds. The second kappa shape index (κ2) is 10.7. The summed E-state index contributed by atoms with van der Waals surface area (Å²) in [4.78, 5) is 12.7. The van der Waals surface area contributed by atoms with Crippen molar-refractivity contribution in [3.8, 4) is 0 Å². The van der Waals surface area contributed by atoms with Crippen LogP contribution in [-0.4, -0.2) is 35.2 Å². The van der Waals surface area contributed by atoms with E-state index in [2.05, 4.69) is 24.5 Å². The van der Waals surface area contributed by atoms with Gasteiger partial charge in [0.15, 0.2) is 0 Å². The van der Waals surface area contributed by atoms with Crippen molar-refractivity contribution in [2.24, 2.45) is 5.92 Å². The predicted octanol–water partition coefficient (Wildman–Crippen LogP) is 4.34. The molecule has 0 radical (unpaired) electrons. The molecular formula is C26H36N2O2. The van der Waals surface area contributed by atoms with E-state index < -0.39 is 6.10 Å². The number of benzene rings is 2. The molecule has 0 aromatic heterocycles. The van der Waals surface area contributed by atoms with Crippen molar-refractivity contribution in [1.82, 2.24) is 10.6 Å². The summed E-state index contributed by atoms with van der Waals surface area (Å²) in [7, 11) is 0. The first kappa shape index (κ1) is 22.5. The van der Waals surface area contributed by atoms with E-state index in [1.807, 2.05) is 48.5 Å².